The molecule has 7 heteroatoms. The minimum Gasteiger partial charge on any atom is -0.345 e. The summed E-state index contributed by atoms with van der Waals surface area (Å²) < 4.78 is 2.15. The summed E-state index contributed by atoms with van der Waals surface area (Å²) in [6, 6.07) is 21.9. The predicted octanol–water partition coefficient (Wildman–Crippen LogP) is 6.56. The van der Waals surface area contributed by atoms with Crippen molar-refractivity contribution >= 4 is 46.4 Å². The fourth-order valence-electron chi connectivity index (χ4n) is 4.24. The Morgan fingerprint density at radius 3 is 2.53 bits per heavy atom. The van der Waals surface area contributed by atoms with Gasteiger partial charge in [-0.3, -0.25) is 9.59 Å². The van der Waals surface area contributed by atoms with Gasteiger partial charge in [-0.25, -0.2) is 0 Å². The summed E-state index contributed by atoms with van der Waals surface area (Å²) in [5, 5.41) is 3.68. The number of para-hydroxylation sites is 1. The highest BCUT2D eigenvalue weighted by Crippen LogP contribution is 2.31. The summed E-state index contributed by atoms with van der Waals surface area (Å²) >= 11 is 12.5. The van der Waals surface area contributed by atoms with E-state index in [0.717, 1.165) is 22.5 Å². The molecule has 0 fully saturated rings. The lowest BCUT2D eigenvalue weighted by Gasteiger charge is -2.23. The number of carbonyl (C=O) groups is 2. The number of fused-ring (bicyclic) bond motifs is 2. The molecular formula is C27H21Cl2N3O2. The van der Waals surface area contributed by atoms with Crippen molar-refractivity contribution in [1.29, 1.82) is 0 Å². The molecule has 5 nitrogen and oxygen atoms in total. The third kappa shape index (κ3) is 4.20. The van der Waals surface area contributed by atoms with Gasteiger partial charge in [0.2, 0.25) is 0 Å². The highest BCUT2D eigenvalue weighted by atomic mass is 35.5. The molecule has 0 radical (unpaired) electrons. The van der Waals surface area contributed by atoms with Crippen LogP contribution in [0.1, 0.15) is 37.5 Å². The summed E-state index contributed by atoms with van der Waals surface area (Å²) in [7, 11) is 0. The number of nitrogens with zero attached hydrogens (tertiary/aromatic N) is 2. The van der Waals surface area contributed by atoms with Crippen LogP contribution in [0, 0.1) is 6.92 Å². The second-order valence-electron chi connectivity index (χ2n) is 8.26. The normalized spacial score (nSPS) is 12.5. The minimum absolute atomic E-state index is 0.157. The molecule has 1 aromatic heterocycles. The molecule has 0 bridgehead atoms. The van der Waals surface area contributed by atoms with Crippen LogP contribution in [-0.4, -0.2) is 16.4 Å². The Bertz CT molecular complexity index is 1430. The van der Waals surface area contributed by atoms with Crippen molar-refractivity contribution in [3.63, 3.8) is 0 Å². The fraction of sp³-hybridized carbons (Fsp3) is 0.111. The van der Waals surface area contributed by atoms with E-state index in [2.05, 4.69) is 9.88 Å². The molecule has 2 amide bonds. The smallest absolute Gasteiger partial charge is 0.258 e. The van der Waals surface area contributed by atoms with Gasteiger partial charge in [-0.1, -0.05) is 41.4 Å². The average molecular weight is 490 g/mol. The van der Waals surface area contributed by atoms with Crippen molar-refractivity contribution in [2.75, 3.05) is 10.2 Å². The van der Waals surface area contributed by atoms with Gasteiger partial charge in [0.15, 0.2) is 0 Å². The number of hydrogen-bond acceptors (Lipinski definition) is 2. The highest BCUT2D eigenvalue weighted by molar-refractivity contribution is 6.34. The van der Waals surface area contributed by atoms with Crippen LogP contribution in [0.5, 0.6) is 0 Å². The van der Waals surface area contributed by atoms with Gasteiger partial charge in [0, 0.05) is 40.3 Å². The lowest BCUT2D eigenvalue weighted by atomic mass is 10.1. The van der Waals surface area contributed by atoms with E-state index in [4.69, 9.17) is 23.2 Å². The molecule has 1 N–H and O–H groups in total. The van der Waals surface area contributed by atoms with Crippen LogP contribution in [0.15, 0.2) is 79.0 Å². The van der Waals surface area contributed by atoms with Crippen LogP contribution < -0.4 is 10.2 Å². The number of benzene rings is 3. The quantitative estimate of drug-likeness (QED) is 0.354. The van der Waals surface area contributed by atoms with Gasteiger partial charge >= 0.3 is 0 Å². The van der Waals surface area contributed by atoms with E-state index in [0.29, 0.717) is 34.9 Å². The number of rotatable bonds is 3. The van der Waals surface area contributed by atoms with Crippen LogP contribution in [0.2, 0.25) is 10.0 Å². The molecule has 170 valence electrons. The van der Waals surface area contributed by atoms with Crippen LogP contribution in [-0.2, 0) is 13.1 Å². The number of carbonyl (C=O) groups excluding carboxylic acids is 2. The van der Waals surface area contributed by atoms with E-state index in [1.165, 1.54) is 0 Å². The Morgan fingerprint density at radius 2 is 1.74 bits per heavy atom. The number of nitrogens with one attached hydrogen (secondary N) is 1. The molecule has 5 rings (SSSR count). The van der Waals surface area contributed by atoms with Gasteiger partial charge in [-0.05, 0) is 72.6 Å². The van der Waals surface area contributed by atoms with Gasteiger partial charge in [-0.15, -0.1) is 0 Å². The maximum Gasteiger partial charge on any atom is 0.258 e. The van der Waals surface area contributed by atoms with Gasteiger partial charge in [0.05, 0.1) is 17.3 Å². The van der Waals surface area contributed by atoms with Crippen LogP contribution in [0.4, 0.5) is 11.4 Å². The molecule has 0 unspecified atom stereocenters. The third-order valence-electron chi connectivity index (χ3n) is 6.01. The van der Waals surface area contributed by atoms with E-state index >= 15 is 0 Å². The van der Waals surface area contributed by atoms with Crippen molar-refractivity contribution in [2.24, 2.45) is 0 Å². The van der Waals surface area contributed by atoms with Crippen molar-refractivity contribution in [2.45, 2.75) is 20.0 Å². The lowest BCUT2D eigenvalue weighted by molar-refractivity contribution is 0.0983. The topological polar surface area (TPSA) is 54.3 Å². The van der Waals surface area contributed by atoms with Crippen molar-refractivity contribution in [3.8, 4) is 0 Å². The maximum absolute atomic E-state index is 13.6. The Kier molecular flexibility index (Phi) is 5.90. The first-order valence-corrected chi connectivity index (χ1v) is 11.6. The maximum atomic E-state index is 13.6. The molecule has 34 heavy (non-hydrogen) atoms. The molecular weight excluding hydrogens is 469 g/mol. The molecule has 0 saturated carbocycles. The summed E-state index contributed by atoms with van der Waals surface area (Å²) in [6.07, 6.45) is 2.02. The van der Waals surface area contributed by atoms with E-state index in [1.54, 1.807) is 41.3 Å². The minimum atomic E-state index is -0.294. The van der Waals surface area contributed by atoms with E-state index in [9.17, 15) is 9.59 Å². The fourth-order valence-corrected chi connectivity index (χ4v) is 4.70. The third-order valence-corrected chi connectivity index (χ3v) is 6.56. The van der Waals surface area contributed by atoms with Crippen molar-refractivity contribution in [1.82, 2.24) is 4.57 Å². The Morgan fingerprint density at radius 1 is 0.912 bits per heavy atom. The molecule has 0 saturated heterocycles. The van der Waals surface area contributed by atoms with Gasteiger partial charge < -0.3 is 14.8 Å². The molecule has 0 atom stereocenters. The number of aromatic nitrogens is 1. The molecule has 0 spiro atoms. The second kappa shape index (κ2) is 9.01. The molecule has 4 aromatic rings. The van der Waals surface area contributed by atoms with Gasteiger partial charge in [0.1, 0.15) is 0 Å². The number of anilines is 2. The Hall–Kier alpha value is -3.54. The number of aryl methyl sites for hydroxylation is 1. The first kappa shape index (κ1) is 22.3. The largest absolute Gasteiger partial charge is 0.345 e. The molecule has 1 aliphatic rings. The first-order valence-electron chi connectivity index (χ1n) is 10.8. The van der Waals surface area contributed by atoms with Crippen LogP contribution >= 0.6 is 23.2 Å². The van der Waals surface area contributed by atoms with E-state index in [-0.39, 0.29) is 16.8 Å². The highest BCUT2D eigenvalue weighted by Gasteiger charge is 2.25. The van der Waals surface area contributed by atoms with Crippen LogP contribution in [0.25, 0.3) is 0 Å². The zero-order valence-corrected chi connectivity index (χ0v) is 19.9. The molecule has 2 heterocycles. The Labute approximate surface area is 207 Å². The zero-order chi connectivity index (χ0) is 23.8. The number of amides is 2. The average Bonchev–Trinajstić information content (AvgIpc) is 3.18. The number of halogens is 2. The molecule has 1 aliphatic heterocycles. The van der Waals surface area contributed by atoms with Crippen LogP contribution in [0.3, 0.4) is 0 Å². The Balaban J connectivity index is 1.42. The number of hydrogen-bond donors (Lipinski definition) is 1. The molecule has 0 aliphatic carbocycles. The van der Waals surface area contributed by atoms with Crippen molar-refractivity contribution < 1.29 is 9.59 Å². The first-order chi connectivity index (χ1) is 16.4. The summed E-state index contributed by atoms with van der Waals surface area (Å²) in [5.74, 6) is -0.451. The summed E-state index contributed by atoms with van der Waals surface area (Å²) in [4.78, 5) is 28.1. The SMILES string of the molecule is Cc1cc(Cl)ccc1C(=O)Nc1ccc(C(=O)N2Cc3cccn3Cc3ccccc32)cc1Cl. The second-order valence-corrected chi connectivity index (χ2v) is 9.10. The van der Waals surface area contributed by atoms with Gasteiger partial charge in [0.25, 0.3) is 11.8 Å². The van der Waals surface area contributed by atoms with E-state index in [1.807, 2.05) is 49.5 Å². The monoisotopic (exact) mass is 489 g/mol. The van der Waals surface area contributed by atoms with Gasteiger partial charge in [-0.2, -0.15) is 0 Å². The summed E-state index contributed by atoms with van der Waals surface area (Å²) in [6.45, 7) is 2.98. The standard InChI is InChI=1S/C27H21Cl2N3O2/c1-17-13-20(28)9-10-22(17)26(33)30-24-11-8-18(14-23(24)29)27(34)32-16-21-6-4-12-31(21)15-19-5-2-3-7-25(19)32/h2-14H,15-16H2,1H3,(H,30,33). The zero-order valence-electron chi connectivity index (χ0n) is 18.4. The summed E-state index contributed by atoms with van der Waals surface area (Å²) in [5.41, 5.74) is 5.14. The lowest BCUT2D eigenvalue weighted by Crippen LogP contribution is -2.30. The molecule has 3 aromatic carbocycles. The predicted molar refractivity (Wildman–Crippen MR) is 136 cm³/mol. The van der Waals surface area contributed by atoms with E-state index < -0.39 is 0 Å². The van der Waals surface area contributed by atoms with Crippen molar-refractivity contribution in [3.05, 3.63) is 117 Å².